The highest BCUT2D eigenvalue weighted by molar-refractivity contribution is 7.10. The van der Waals surface area contributed by atoms with Crippen molar-refractivity contribution in [3.05, 3.63) is 69.6 Å². The molecule has 3 aromatic rings. The van der Waals surface area contributed by atoms with Gasteiger partial charge in [0, 0.05) is 16.5 Å². The molecule has 0 radical (unpaired) electrons. The summed E-state index contributed by atoms with van der Waals surface area (Å²) in [5.74, 6) is -0.386. The zero-order valence-electron chi connectivity index (χ0n) is 16.7. The normalized spacial score (nSPS) is 18.4. The minimum atomic E-state index is -0.791. The van der Waals surface area contributed by atoms with Crippen molar-refractivity contribution in [3.63, 3.8) is 0 Å². The average molecular weight is 424 g/mol. The van der Waals surface area contributed by atoms with E-state index in [2.05, 4.69) is 5.16 Å². The number of rotatable bonds is 5. The first-order valence-electron chi connectivity index (χ1n) is 9.41. The maximum Gasteiger partial charge on any atom is 0.301 e. The van der Waals surface area contributed by atoms with Gasteiger partial charge in [0.25, 0.3) is 5.78 Å². The Balaban J connectivity index is 1.82. The number of nitrogens with zero attached hydrogens (tertiary/aromatic N) is 2. The second-order valence-corrected chi connectivity index (χ2v) is 8.15. The van der Waals surface area contributed by atoms with Gasteiger partial charge in [-0.05, 0) is 56.5 Å². The van der Waals surface area contributed by atoms with Crippen molar-refractivity contribution in [1.29, 1.82) is 0 Å². The molecule has 0 unspecified atom stereocenters. The van der Waals surface area contributed by atoms with Crippen LogP contribution < -0.4 is 9.64 Å². The van der Waals surface area contributed by atoms with Gasteiger partial charge in [0.2, 0.25) is 0 Å². The van der Waals surface area contributed by atoms with Crippen LogP contribution in [0, 0.1) is 6.92 Å². The first-order valence-corrected chi connectivity index (χ1v) is 10.3. The van der Waals surface area contributed by atoms with Crippen LogP contribution in [0.2, 0.25) is 0 Å². The Labute approximate surface area is 177 Å². The Morgan fingerprint density at radius 1 is 1.23 bits per heavy atom. The quantitative estimate of drug-likeness (QED) is 0.369. The summed E-state index contributed by atoms with van der Waals surface area (Å²) in [7, 11) is 0. The van der Waals surface area contributed by atoms with E-state index < -0.39 is 17.7 Å². The number of aliphatic hydroxyl groups excluding tert-OH is 1. The number of aromatic nitrogens is 1. The van der Waals surface area contributed by atoms with E-state index in [1.165, 1.54) is 16.2 Å². The highest BCUT2D eigenvalue weighted by Crippen LogP contribution is 2.43. The topological polar surface area (TPSA) is 92.9 Å². The summed E-state index contributed by atoms with van der Waals surface area (Å²) < 4.78 is 10.7. The molecule has 0 saturated carbocycles. The van der Waals surface area contributed by atoms with Crippen molar-refractivity contribution < 1.29 is 24.0 Å². The van der Waals surface area contributed by atoms with E-state index >= 15 is 0 Å². The van der Waals surface area contributed by atoms with Gasteiger partial charge >= 0.3 is 5.91 Å². The smallest absolute Gasteiger partial charge is 0.301 e. The lowest BCUT2D eigenvalue weighted by Crippen LogP contribution is -2.29. The fraction of sp³-hybridized carbons (Fsp3) is 0.227. The standard InChI is InChI=1S/C22H20N2O5S/c1-12(2)28-15-8-6-14(7-9-15)20(25)18-19(16-5-4-10-30-16)24(22(27)21(18)26)17-11-13(3)29-23-17/h4-12,19,25H,1-3H3/t19-/m1/s1. The van der Waals surface area contributed by atoms with E-state index in [0.717, 1.165) is 4.88 Å². The van der Waals surface area contributed by atoms with E-state index in [1.54, 1.807) is 37.3 Å². The van der Waals surface area contributed by atoms with Gasteiger partial charge in [0.1, 0.15) is 23.3 Å². The van der Waals surface area contributed by atoms with E-state index in [0.29, 0.717) is 17.1 Å². The number of anilines is 1. The van der Waals surface area contributed by atoms with E-state index in [-0.39, 0.29) is 23.3 Å². The van der Waals surface area contributed by atoms with Gasteiger partial charge in [-0.15, -0.1) is 11.3 Å². The molecule has 1 N–H and O–H groups in total. The third kappa shape index (κ3) is 3.50. The van der Waals surface area contributed by atoms with Crippen molar-refractivity contribution in [3.8, 4) is 5.75 Å². The number of Topliss-reactive ketones (excluding diaryl/α,β-unsaturated/α-hetero) is 1. The summed E-state index contributed by atoms with van der Waals surface area (Å²) in [6, 6.07) is 11.2. The number of aryl methyl sites for hydroxylation is 1. The van der Waals surface area contributed by atoms with Gasteiger partial charge in [0.15, 0.2) is 5.82 Å². The summed E-state index contributed by atoms with van der Waals surface area (Å²) >= 11 is 1.39. The van der Waals surface area contributed by atoms with Crippen molar-refractivity contribution in [2.75, 3.05) is 4.90 Å². The molecule has 1 aliphatic rings. The monoisotopic (exact) mass is 424 g/mol. The molecular formula is C22H20N2O5S. The number of carbonyl (C=O) groups is 2. The van der Waals surface area contributed by atoms with E-state index in [4.69, 9.17) is 9.26 Å². The van der Waals surface area contributed by atoms with Crippen LogP contribution in [0.5, 0.6) is 5.75 Å². The first kappa shape index (κ1) is 19.9. The molecule has 1 saturated heterocycles. The van der Waals surface area contributed by atoms with Gasteiger partial charge < -0.3 is 14.4 Å². The highest BCUT2D eigenvalue weighted by atomic mass is 32.1. The zero-order chi connectivity index (χ0) is 21.4. The Hall–Kier alpha value is -3.39. The molecule has 8 heteroatoms. The number of hydrogen-bond acceptors (Lipinski definition) is 7. The molecule has 2 aromatic heterocycles. The number of benzene rings is 1. The molecule has 0 bridgehead atoms. The van der Waals surface area contributed by atoms with Crippen molar-refractivity contribution >= 4 is 34.6 Å². The SMILES string of the molecule is Cc1cc(N2C(=O)C(=O)C(=C(O)c3ccc(OC(C)C)cc3)[C@H]2c2cccs2)no1. The van der Waals surface area contributed by atoms with E-state index in [1.807, 2.05) is 31.4 Å². The second kappa shape index (κ2) is 7.79. The van der Waals surface area contributed by atoms with Crippen LogP contribution in [0.25, 0.3) is 5.76 Å². The summed E-state index contributed by atoms with van der Waals surface area (Å²) in [5.41, 5.74) is 0.433. The van der Waals surface area contributed by atoms with Crippen LogP contribution in [0.3, 0.4) is 0 Å². The first-order chi connectivity index (χ1) is 14.4. The Bertz CT molecular complexity index is 1110. The van der Waals surface area contributed by atoms with Gasteiger partial charge in [-0.1, -0.05) is 11.2 Å². The number of hydrogen-bond donors (Lipinski definition) is 1. The number of ether oxygens (including phenoxy) is 1. The Morgan fingerprint density at radius 3 is 2.53 bits per heavy atom. The summed E-state index contributed by atoms with van der Waals surface area (Å²) in [5, 5.41) is 16.8. The van der Waals surface area contributed by atoms with Crippen LogP contribution in [-0.4, -0.2) is 28.1 Å². The molecule has 1 aromatic carbocycles. The van der Waals surface area contributed by atoms with Crippen LogP contribution in [-0.2, 0) is 9.59 Å². The predicted octanol–water partition coefficient (Wildman–Crippen LogP) is 4.46. The highest BCUT2D eigenvalue weighted by Gasteiger charge is 2.48. The minimum Gasteiger partial charge on any atom is -0.507 e. The molecule has 7 nitrogen and oxygen atoms in total. The lowest BCUT2D eigenvalue weighted by Gasteiger charge is -2.21. The third-order valence-corrected chi connectivity index (χ3v) is 5.54. The Morgan fingerprint density at radius 2 is 1.97 bits per heavy atom. The van der Waals surface area contributed by atoms with Gasteiger partial charge in [-0.25, -0.2) is 0 Å². The zero-order valence-corrected chi connectivity index (χ0v) is 17.5. The number of thiophene rings is 1. The summed E-state index contributed by atoms with van der Waals surface area (Å²) in [4.78, 5) is 27.8. The number of ketones is 1. The van der Waals surface area contributed by atoms with Gasteiger partial charge in [-0.2, -0.15) is 0 Å². The van der Waals surface area contributed by atoms with Crippen LogP contribution in [0.1, 0.15) is 36.1 Å². The Kier molecular flexibility index (Phi) is 5.17. The molecule has 154 valence electrons. The van der Waals surface area contributed by atoms with Crippen molar-refractivity contribution in [2.24, 2.45) is 0 Å². The third-order valence-electron chi connectivity index (χ3n) is 4.62. The lowest BCUT2D eigenvalue weighted by atomic mass is 10.00. The number of aliphatic hydroxyl groups is 1. The van der Waals surface area contributed by atoms with Crippen molar-refractivity contribution in [1.82, 2.24) is 5.16 Å². The second-order valence-electron chi connectivity index (χ2n) is 7.17. The molecule has 1 aliphatic heterocycles. The molecule has 0 spiro atoms. The number of amides is 1. The summed E-state index contributed by atoms with van der Waals surface area (Å²) in [6.07, 6.45) is 0.0134. The van der Waals surface area contributed by atoms with Gasteiger partial charge in [0.05, 0.1) is 11.7 Å². The molecule has 0 aliphatic carbocycles. The van der Waals surface area contributed by atoms with Crippen LogP contribution in [0.15, 0.2) is 57.9 Å². The largest absolute Gasteiger partial charge is 0.507 e. The van der Waals surface area contributed by atoms with E-state index in [9.17, 15) is 14.7 Å². The fourth-order valence-electron chi connectivity index (χ4n) is 3.37. The van der Waals surface area contributed by atoms with Gasteiger partial charge in [-0.3, -0.25) is 14.5 Å². The molecule has 3 heterocycles. The molecule has 30 heavy (non-hydrogen) atoms. The molecule has 1 amide bonds. The lowest BCUT2D eigenvalue weighted by molar-refractivity contribution is -0.132. The molecule has 4 rings (SSSR count). The maximum atomic E-state index is 12.9. The summed E-state index contributed by atoms with van der Waals surface area (Å²) in [6.45, 7) is 5.54. The predicted molar refractivity (Wildman–Crippen MR) is 113 cm³/mol. The molecule has 1 fully saturated rings. The minimum absolute atomic E-state index is 0.0134. The fourth-order valence-corrected chi connectivity index (χ4v) is 4.19. The molecular weight excluding hydrogens is 404 g/mol. The maximum absolute atomic E-state index is 12.9. The van der Waals surface area contributed by atoms with Crippen LogP contribution >= 0.6 is 11.3 Å². The van der Waals surface area contributed by atoms with Crippen molar-refractivity contribution in [2.45, 2.75) is 32.9 Å². The molecule has 1 atom stereocenters. The van der Waals surface area contributed by atoms with Crippen LogP contribution in [0.4, 0.5) is 5.82 Å². The average Bonchev–Trinajstić information content (AvgIpc) is 3.43. The number of carbonyl (C=O) groups excluding carboxylic acids is 2.